The highest BCUT2D eigenvalue weighted by Gasteiger charge is 2.17. The first-order valence-corrected chi connectivity index (χ1v) is 10.1. The number of fused-ring (bicyclic) bond motifs is 2. The van der Waals surface area contributed by atoms with E-state index in [-0.39, 0.29) is 5.56 Å². The fourth-order valence-corrected chi connectivity index (χ4v) is 4.13. The Morgan fingerprint density at radius 2 is 1.87 bits per heavy atom. The highest BCUT2D eigenvalue weighted by molar-refractivity contribution is 6.37. The molecule has 1 aliphatic rings. The molecule has 0 fully saturated rings. The van der Waals surface area contributed by atoms with Crippen LogP contribution in [0.1, 0.15) is 16.8 Å². The monoisotopic (exact) mass is 438 g/mol. The number of halogens is 2. The van der Waals surface area contributed by atoms with Gasteiger partial charge in [0.25, 0.3) is 5.56 Å². The zero-order chi connectivity index (χ0) is 20.8. The average molecular weight is 439 g/mol. The van der Waals surface area contributed by atoms with Gasteiger partial charge in [-0.25, -0.2) is 9.97 Å². The van der Waals surface area contributed by atoms with Crippen molar-refractivity contribution in [3.05, 3.63) is 79.8 Å². The Labute approximate surface area is 181 Å². The van der Waals surface area contributed by atoms with Gasteiger partial charge in [0.15, 0.2) is 0 Å². The highest BCUT2D eigenvalue weighted by Crippen LogP contribution is 2.28. The van der Waals surface area contributed by atoms with E-state index < -0.39 is 0 Å². The number of aromatic nitrogens is 4. The number of anilines is 2. The van der Waals surface area contributed by atoms with Gasteiger partial charge >= 0.3 is 0 Å². The number of rotatable bonds is 3. The molecular formula is C21H16Cl2N6O. The topological polar surface area (TPSA) is 84.7 Å². The van der Waals surface area contributed by atoms with Crippen LogP contribution in [0.2, 0.25) is 10.0 Å². The van der Waals surface area contributed by atoms with E-state index in [2.05, 4.69) is 37.8 Å². The zero-order valence-electron chi connectivity index (χ0n) is 15.9. The van der Waals surface area contributed by atoms with Crippen LogP contribution < -0.4 is 16.2 Å². The first-order valence-electron chi connectivity index (χ1n) is 9.32. The SMILES string of the molecule is Cc1nn(-c2c(Cl)cccc2Cl)c(=O)c2cnc(Nc3ccc4c(c3)CNC4)nc12. The van der Waals surface area contributed by atoms with E-state index in [9.17, 15) is 4.79 Å². The van der Waals surface area contributed by atoms with Gasteiger partial charge in [-0.15, -0.1) is 0 Å². The smallest absolute Gasteiger partial charge is 0.282 e. The quantitative estimate of drug-likeness (QED) is 0.499. The summed E-state index contributed by atoms with van der Waals surface area (Å²) in [6.07, 6.45) is 1.50. The van der Waals surface area contributed by atoms with Crippen LogP contribution in [0, 0.1) is 6.92 Å². The largest absolute Gasteiger partial charge is 0.324 e. The molecule has 0 atom stereocenters. The van der Waals surface area contributed by atoms with Crippen LogP contribution >= 0.6 is 23.2 Å². The Morgan fingerprint density at radius 1 is 1.10 bits per heavy atom. The average Bonchev–Trinajstić information content (AvgIpc) is 3.19. The van der Waals surface area contributed by atoms with Crippen molar-refractivity contribution in [2.45, 2.75) is 20.0 Å². The van der Waals surface area contributed by atoms with Gasteiger partial charge in [-0.1, -0.05) is 35.3 Å². The second kappa shape index (κ2) is 7.36. The lowest BCUT2D eigenvalue weighted by atomic mass is 10.1. The molecule has 0 bridgehead atoms. The summed E-state index contributed by atoms with van der Waals surface area (Å²) in [5, 5.41) is 11.9. The van der Waals surface area contributed by atoms with Crippen molar-refractivity contribution >= 4 is 45.7 Å². The summed E-state index contributed by atoms with van der Waals surface area (Å²) in [6, 6.07) is 11.2. The van der Waals surface area contributed by atoms with Gasteiger partial charge in [0.2, 0.25) is 5.95 Å². The molecule has 0 saturated carbocycles. The summed E-state index contributed by atoms with van der Waals surface area (Å²) in [6.45, 7) is 3.51. The first kappa shape index (κ1) is 19.0. The third-order valence-electron chi connectivity index (χ3n) is 5.05. The molecule has 2 N–H and O–H groups in total. The molecule has 5 rings (SSSR count). The van der Waals surface area contributed by atoms with Gasteiger partial charge in [0.1, 0.15) is 11.2 Å². The van der Waals surface area contributed by atoms with Crippen molar-refractivity contribution in [1.82, 2.24) is 25.1 Å². The molecule has 0 saturated heterocycles. The minimum absolute atomic E-state index is 0.334. The van der Waals surface area contributed by atoms with Crippen LogP contribution in [0.3, 0.4) is 0 Å². The Balaban J connectivity index is 1.58. The molecule has 2 aromatic carbocycles. The lowest BCUT2D eigenvalue weighted by Crippen LogP contribution is -2.23. The van der Waals surface area contributed by atoms with Gasteiger partial charge in [-0.2, -0.15) is 9.78 Å². The second-order valence-corrected chi connectivity index (χ2v) is 7.85. The normalized spacial score (nSPS) is 12.9. The van der Waals surface area contributed by atoms with E-state index in [0.717, 1.165) is 18.8 Å². The first-order chi connectivity index (χ1) is 14.5. The van der Waals surface area contributed by atoms with Crippen molar-refractivity contribution in [2.75, 3.05) is 5.32 Å². The standard InChI is InChI=1S/C21H16Cl2N6O/c1-11-18-15(20(30)29(28-11)19-16(22)3-2-4-17(19)23)10-25-21(27-18)26-14-6-5-12-8-24-9-13(12)7-14/h2-7,10,24H,8-9H2,1H3,(H,25,26,27). The fourth-order valence-electron chi connectivity index (χ4n) is 3.58. The van der Waals surface area contributed by atoms with Gasteiger partial charge < -0.3 is 10.6 Å². The van der Waals surface area contributed by atoms with Crippen LogP contribution in [0.4, 0.5) is 11.6 Å². The molecule has 30 heavy (non-hydrogen) atoms. The maximum atomic E-state index is 13.1. The van der Waals surface area contributed by atoms with E-state index in [1.165, 1.54) is 22.0 Å². The number of para-hydroxylation sites is 1. The molecular weight excluding hydrogens is 423 g/mol. The van der Waals surface area contributed by atoms with Gasteiger partial charge in [0, 0.05) is 25.0 Å². The van der Waals surface area contributed by atoms with Crippen LogP contribution in [-0.2, 0) is 13.1 Å². The number of nitrogens with zero attached hydrogens (tertiary/aromatic N) is 4. The Kier molecular flexibility index (Phi) is 4.66. The molecule has 4 aromatic rings. The molecule has 9 heteroatoms. The van der Waals surface area contributed by atoms with Crippen molar-refractivity contribution < 1.29 is 0 Å². The van der Waals surface area contributed by atoms with Crippen molar-refractivity contribution in [3.8, 4) is 5.69 Å². The van der Waals surface area contributed by atoms with Gasteiger partial charge in [-0.3, -0.25) is 4.79 Å². The molecule has 3 heterocycles. The van der Waals surface area contributed by atoms with E-state index in [1.54, 1.807) is 25.1 Å². The lowest BCUT2D eigenvalue weighted by molar-refractivity contribution is 0.765. The van der Waals surface area contributed by atoms with Crippen LogP contribution in [-0.4, -0.2) is 19.7 Å². The number of hydrogen-bond donors (Lipinski definition) is 2. The zero-order valence-corrected chi connectivity index (χ0v) is 17.4. The molecule has 0 unspecified atom stereocenters. The van der Waals surface area contributed by atoms with Crippen LogP contribution in [0.25, 0.3) is 16.6 Å². The van der Waals surface area contributed by atoms with Gasteiger partial charge in [-0.05, 0) is 42.3 Å². The minimum Gasteiger partial charge on any atom is -0.324 e. The Morgan fingerprint density at radius 3 is 2.67 bits per heavy atom. The number of benzene rings is 2. The van der Waals surface area contributed by atoms with Crippen molar-refractivity contribution in [3.63, 3.8) is 0 Å². The minimum atomic E-state index is -0.388. The molecule has 0 amide bonds. The summed E-state index contributed by atoms with van der Waals surface area (Å²) in [5.41, 5.74) is 4.41. The summed E-state index contributed by atoms with van der Waals surface area (Å²) < 4.78 is 1.20. The highest BCUT2D eigenvalue weighted by atomic mass is 35.5. The third kappa shape index (κ3) is 3.21. The Bertz CT molecular complexity index is 1350. The van der Waals surface area contributed by atoms with Crippen molar-refractivity contribution in [1.29, 1.82) is 0 Å². The maximum Gasteiger partial charge on any atom is 0.282 e. The fraction of sp³-hybridized carbons (Fsp3) is 0.143. The molecule has 0 spiro atoms. The summed E-state index contributed by atoms with van der Waals surface area (Å²) in [7, 11) is 0. The number of aryl methyl sites for hydroxylation is 1. The van der Waals surface area contributed by atoms with Crippen molar-refractivity contribution in [2.24, 2.45) is 0 Å². The molecule has 1 aliphatic heterocycles. The molecule has 0 aliphatic carbocycles. The lowest BCUT2D eigenvalue weighted by Gasteiger charge is -2.12. The second-order valence-electron chi connectivity index (χ2n) is 7.04. The summed E-state index contributed by atoms with van der Waals surface area (Å²) >= 11 is 12.5. The number of hydrogen-bond acceptors (Lipinski definition) is 6. The van der Waals surface area contributed by atoms with Gasteiger partial charge in [0.05, 0.1) is 21.1 Å². The van der Waals surface area contributed by atoms with E-state index in [0.29, 0.717) is 38.3 Å². The van der Waals surface area contributed by atoms with E-state index in [1.807, 2.05) is 6.07 Å². The molecule has 0 radical (unpaired) electrons. The summed E-state index contributed by atoms with van der Waals surface area (Å²) in [5.74, 6) is 0.395. The van der Waals surface area contributed by atoms with E-state index in [4.69, 9.17) is 23.2 Å². The molecule has 7 nitrogen and oxygen atoms in total. The summed E-state index contributed by atoms with van der Waals surface area (Å²) in [4.78, 5) is 21.9. The number of nitrogens with one attached hydrogen (secondary N) is 2. The third-order valence-corrected chi connectivity index (χ3v) is 5.66. The van der Waals surface area contributed by atoms with E-state index >= 15 is 0 Å². The predicted molar refractivity (Wildman–Crippen MR) is 118 cm³/mol. The Hall–Kier alpha value is -3.00. The molecule has 150 valence electrons. The van der Waals surface area contributed by atoms with Crippen LogP contribution in [0.5, 0.6) is 0 Å². The molecule has 2 aromatic heterocycles. The van der Waals surface area contributed by atoms with Crippen LogP contribution in [0.15, 0.2) is 47.4 Å². The predicted octanol–water partition coefficient (Wildman–Crippen LogP) is 4.14. The maximum absolute atomic E-state index is 13.1.